The topological polar surface area (TPSA) is 38.3 Å². The summed E-state index contributed by atoms with van der Waals surface area (Å²) in [5, 5.41) is 2.90. The fourth-order valence-electron chi connectivity index (χ4n) is 2.35. The second-order valence-electron chi connectivity index (χ2n) is 4.90. The summed E-state index contributed by atoms with van der Waals surface area (Å²) in [6.45, 7) is 1.20. The van der Waals surface area contributed by atoms with Crippen LogP contribution in [0.1, 0.15) is 42.5 Å². The molecule has 1 amide bonds. The largest absolute Gasteiger partial charge is 0.376 e. The highest BCUT2D eigenvalue weighted by Crippen LogP contribution is 2.19. The lowest BCUT2D eigenvalue weighted by Crippen LogP contribution is -2.29. The van der Waals surface area contributed by atoms with Crippen LogP contribution in [0.5, 0.6) is 0 Å². The van der Waals surface area contributed by atoms with Gasteiger partial charge < -0.3 is 10.1 Å². The van der Waals surface area contributed by atoms with E-state index in [1.165, 1.54) is 32.1 Å². The molecule has 0 aliphatic heterocycles. The minimum Gasteiger partial charge on any atom is -0.376 e. The molecule has 2 rings (SSSR count). The number of benzene rings is 1. The second kappa shape index (κ2) is 7.85. The van der Waals surface area contributed by atoms with E-state index in [1.807, 2.05) is 24.3 Å². The molecule has 0 radical (unpaired) electrons. The number of carbonyl (C=O) groups is 1. The number of rotatable bonds is 5. The maximum atomic E-state index is 11.9. The number of halogens is 1. The zero-order valence-electron chi connectivity index (χ0n) is 11.0. The van der Waals surface area contributed by atoms with Crippen molar-refractivity contribution < 1.29 is 9.53 Å². The molecule has 0 bridgehead atoms. The van der Waals surface area contributed by atoms with E-state index in [9.17, 15) is 4.79 Å². The predicted molar refractivity (Wildman–Crippen MR) is 84.3 cm³/mol. The molecule has 0 unspecified atom stereocenters. The monoisotopic (exact) mass is 373 g/mol. The highest BCUT2D eigenvalue weighted by Gasteiger charge is 2.13. The summed E-state index contributed by atoms with van der Waals surface area (Å²) < 4.78 is 6.85. The fourth-order valence-corrected chi connectivity index (χ4v) is 2.90. The molecule has 0 atom stereocenters. The minimum absolute atomic E-state index is 0.0224. The smallest absolute Gasteiger partial charge is 0.251 e. The van der Waals surface area contributed by atoms with Crippen LogP contribution in [0.25, 0.3) is 0 Å². The van der Waals surface area contributed by atoms with Gasteiger partial charge in [0.05, 0.1) is 12.7 Å². The molecule has 104 valence electrons. The summed E-state index contributed by atoms with van der Waals surface area (Å²) >= 11 is 2.21. The molecule has 3 nitrogen and oxygen atoms in total. The van der Waals surface area contributed by atoms with E-state index in [1.54, 1.807) is 0 Å². The van der Waals surface area contributed by atoms with Crippen molar-refractivity contribution in [2.75, 3.05) is 13.2 Å². The number of carbonyl (C=O) groups excluding carboxylic acids is 1. The van der Waals surface area contributed by atoms with E-state index >= 15 is 0 Å². The van der Waals surface area contributed by atoms with Crippen molar-refractivity contribution in [1.82, 2.24) is 5.32 Å². The average Bonchev–Trinajstić information content (AvgIpc) is 2.44. The number of hydrogen-bond donors (Lipinski definition) is 1. The van der Waals surface area contributed by atoms with E-state index in [2.05, 4.69) is 27.9 Å². The molecule has 0 saturated heterocycles. The van der Waals surface area contributed by atoms with Crippen LogP contribution in [0, 0.1) is 3.57 Å². The third kappa shape index (κ3) is 5.10. The fraction of sp³-hybridized carbons (Fsp3) is 0.533. The number of ether oxygens (including phenoxy) is 1. The summed E-state index contributed by atoms with van der Waals surface area (Å²) in [5.74, 6) is -0.0224. The van der Waals surface area contributed by atoms with Crippen LogP contribution < -0.4 is 5.32 Å². The minimum atomic E-state index is -0.0224. The molecule has 19 heavy (non-hydrogen) atoms. The average molecular weight is 373 g/mol. The van der Waals surface area contributed by atoms with Gasteiger partial charge in [-0.25, -0.2) is 0 Å². The van der Waals surface area contributed by atoms with Crippen molar-refractivity contribution >= 4 is 28.5 Å². The molecular weight excluding hydrogens is 353 g/mol. The molecule has 0 aromatic heterocycles. The normalized spacial score (nSPS) is 16.3. The first-order valence-corrected chi connectivity index (χ1v) is 7.99. The van der Waals surface area contributed by atoms with E-state index in [-0.39, 0.29) is 5.91 Å². The Morgan fingerprint density at radius 1 is 1.32 bits per heavy atom. The van der Waals surface area contributed by atoms with Gasteiger partial charge in [0, 0.05) is 15.7 Å². The molecule has 0 spiro atoms. The maximum absolute atomic E-state index is 11.9. The molecule has 4 heteroatoms. The molecule has 1 N–H and O–H groups in total. The zero-order chi connectivity index (χ0) is 13.5. The van der Waals surface area contributed by atoms with Crippen LogP contribution in [0.2, 0.25) is 0 Å². The molecule has 1 aromatic carbocycles. The molecule has 1 aromatic rings. The van der Waals surface area contributed by atoms with E-state index in [0.717, 1.165) is 3.57 Å². The van der Waals surface area contributed by atoms with Gasteiger partial charge in [-0.15, -0.1) is 0 Å². The highest BCUT2D eigenvalue weighted by molar-refractivity contribution is 14.1. The number of nitrogens with one attached hydrogen (secondary N) is 1. The predicted octanol–water partition coefficient (Wildman–Crippen LogP) is 3.37. The summed E-state index contributed by atoms with van der Waals surface area (Å²) in [5.41, 5.74) is 0.713. The van der Waals surface area contributed by atoms with Gasteiger partial charge in [-0.1, -0.05) is 25.3 Å². The SMILES string of the molecule is O=C(NCCOC1CCCCC1)c1cccc(I)c1. The molecule has 0 heterocycles. The van der Waals surface area contributed by atoms with Gasteiger partial charge in [0.1, 0.15) is 0 Å². The van der Waals surface area contributed by atoms with Crippen molar-refractivity contribution in [2.45, 2.75) is 38.2 Å². The van der Waals surface area contributed by atoms with Crippen LogP contribution in [-0.4, -0.2) is 25.2 Å². The summed E-state index contributed by atoms with van der Waals surface area (Å²) in [4.78, 5) is 11.9. The Hall–Kier alpha value is -0.620. The quantitative estimate of drug-likeness (QED) is 0.635. The molecule has 1 fully saturated rings. The van der Waals surface area contributed by atoms with Gasteiger partial charge in [-0.05, 0) is 53.6 Å². The van der Waals surface area contributed by atoms with Gasteiger partial charge in [0.15, 0.2) is 0 Å². The number of hydrogen-bond acceptors (Lipinski definition) is 2. The third-order valence-corrected chi connectivity index (χ3v) is 4.05. The Labute approximate surface area is 128 Å². The Bertz CT molecular complexity index is 416. The Morgan fingerprint density at radius 2 is 2.11 bits per heavy atom. The van der Waals surface area contributed by atoms with Crippen molar-refractivity contribution in [3.63, 3.8) is 0 Å². The molecule has 1 aliphatic carbocycles. The Morgan fingerprint density at radius 3 is 2.84 bits per heavy atom. The Balaban J connectivity index is 1.66. The van der Waals surface area contributed by atoms with E-state index < -0.39 is 0 Å². The molecule has 1 saturated carbocycles. The van der Waals surface area contributed by atoms with Crippen molar-refractivity contribution in [3.05, 3.63) is 33.4 Å². The van der Waals surface area contributed by atoms with Crippen molar-refractivity contribution in [2.24, 2.45) is 0 Å². The lowest BCUT2D eigenvalue weighted by Gasteiger charge is -2.21. The van der Waals surface area contributed by atoms with Crippen molar-refractivity contribution in [1.29, 1.82) is 0 Å². The summed E-state index contributed by atoms with van der Waals surface area (Å²) in [6, 6.07) is 7.59. The van der Waals surface area contributed by atoms with E-state index in [0.29, 0.717) is 24.8 Å². The van der Waals surface area contributed by atoms with Crippen LogP contribution >= 0.6 is 22.6 Å². The first-order valence-electron chi connectivity index (χ1n) is 6.91. The molecule has 1 aliphatic rings. The highest BCUT2D eigenvalue weighted by atomic mass is 127. The zero-order valence-corrected chi connectivity index (χ0v) is 13.2. The first-order chi connectivity index (χ1) is 9.25. The van der Waals surface area contributed by atoms with Crippen LogP contribution in [-0.2, 0) is 4.74 Å². The van der Waals surface area contributed by atoms with Crippen LogP contribution in [0.4, 0.5) is 0 Å². The summed E-state index contributed by atoms with van der Waals surface area (Å²) in [6.07, 6.45) is 6.64. The third-order valence-electron chi connectivity index (χ3n) is 3.38. The van der Waals surface area contributed by atoms with Gasteiger partial charge in [-0.2, -0.15) is 0 Å². The van der Waals surface area contributed by atoms with Crippen LogP contribution in [0.3, 0.4) is 0 Å². The Kier molecular flexibility index (Phi) is 6.10. The van der Waals surface area contributed by atoms with Gasteiger partial charge in [0.25, 0.3) is 5.91 Å². The standard InChI is InChI=1S/C15H20INO2/c16-13-6-4-5-12(11-13)15(18)17-9-10-19-14-7-2-1-3-8-14/h4-6,11,14H,1-3,7-10H2,(H,17,18). The summed E-state index contributed by atoms with van der Waals surface area (Å²) in [7, 11) is 0. The maximum Gasteiger partial charge on any atom is 0.251 e. The van der Waals surface area contributed by atoms with Gasteiger partial charge >= 0.3 is 0 Å². The second-order valence-corrected chi connectivity index (χ2v) is 6.14. The van der Waals surface area contributed by atoms with Crippen molar-refractivity contribution in [3.8, 4) is 0 Å². The lowest BCUT2D eigenvalue weighted by atomic mass is 9.98. The molecular formula is C15H20INO2. The van der Waals surface area contributed by atoms with Gasteiger partial charge in [-0.3, -0.25) is 4.79 Å². The lowest BCUT2D eigenvalue weighted by molar-refractivity contribution is 0.0299. The van der Waals surface area contributed by atoms with Gasteiger partial charge in [0.2, 0.25) is 0 Å². The van der Waals surface area contributed by atoms with Crippen LogP contribution in [0.15, 0.2) is 24.3 Å². The first kappa shape index (κ1) is 14.8. The number of amides is 1. The van der Waals surface area contributed by atoms with E-state index in [4.69, 9.17) is 4.74 Å².